The van der Waals surface area contributed by atoms with Gasteiger partial charge in [0.1, 0.15) is 0 Å². The van der Waals surface area contributed by atoms with Crippen LogP contribution in [-0.2, 0) is 12.6 Å². The van der Waals surface area contributed by atoms with E-state index in [1.54, 1.807) is 12.1 Å². The Morgan fingerprint density at radius 1 is 1.10 bits per heavy atom. The monoisotopic (exact) mass is 285 g/mol. The smallest absolute Gasteiger partial charge is 0.316 e. The molecule has 0 aliphatic heterocycles. The second kappa shape index (κ2) is 6.61. The van der Waals surface area contributed by atoms with Crippen LogP contribution in [0.15, 0.2) is 24.3 Å². The Hall–Kier alpha value is -1.03. The molecule has 1 aliphatic carbocycles. The van der Waals surface area contributed by atoms with Gasteiger partial charge in [-0.15, -0.1) is 0 Å². The average molecular weight is 285 g/mol. The van der Waals surface area contributed by atoms with E-state index in [9.17, 15) is 13.2 Å². The van der Waals surface area contributed by atoms with E-state index in [-0.39, 0.29) is 0 Å². The second-order valence-electron chi connectivity index (χ2n) is 5.70. The van der Waals surface area contributed by atoms with E-state index in [1.807, 2.05) is 0 Å². The fourth-order valence-corrected chi connectivity index (χ4v) is 2.77. The molecule has 1 fully saturated rings. The van der Waals surface area contributed by atoms with Gasteiger partial charge in [-0.25, -0.2) is 0 Å². The highest BCUT2D eigenvalue weighted by Gasteiger charge is 2.32. The molecule has 0 bridgehead atoms. The van der Waals surface area contributed by atoms with Crippen molar-refractivity contribution in [3.8, 4) is 0 Å². The van der Waals surface area contributed by atoms with E-state index in [4.69, 9.17) is 0 Å². The van der Waals surface area contributed by atoms with Crippen LogP contribution in [0.1, 0.15) is 37.3 Å². The van der Waals surface area contributed by atoms with Crippen molar-refractivity contribution < 1.29 is 13.2 Å². The van der Waals surface area contributed by atoms with Crippen LogP contribution in [0, 0.1) is 11.8 Å². The minimum Gasteiger partial charge on any atom is -0.316 e. The van der Waals surface area contributed by atoms with E-state index in [0.29, 0.717) is 11.8 Å². The van der Waals surface area contributed by atoms with E-state index >= 15 is 0 Å². The molecule has 0 aromatic heterocycles. The molecule has 0 radical (unpaired) electrons. The first kappa shape index (κ1) is 15.4. The van der Waals surface area contributed by atoms with Crippen LogP contribution in [0.3, 0.4) is 0 Å². The van der Waals surface area contributed by atoms with E-state index in [1.165, 1.54) is 25.0 Å². The Labute approximate surface area is 118 Å². The zero-order valence-electron chi connectivity index (χ0n) is 11.8. The van der Waals surface area contributed by atoms with Crippen LogP contribution in [0.25, 0.3) is 0 Å². The quantitative estimate of drug-likeness (QED) is 0.769. The van der Waals surface area contributed by atoms with Crippen molar-refractivity contribution in [2.75, 3.05) is 13.1 Å². The van der Waals surface area contributed by atoms with Crippen molar-refractivity contribution in [3.63, 3.8) is 0 Å². The average Bonchev–Trinajstić information content (AvgIpc) is 2.39. The summed E-state index contributed by atoms with van der Waals surface area (Å²) in [5.41, 5.74) is 0.458. The van der Waals surface area contributed by atoms with Gasteiger partial charge in [0.15, 0.2) is 0 Å². The van der Waals surface area contributed by atoms with Gasteiger partial charge in [-0.2, -0.15) is 13.2 Å². The molecular formula is C16H22F3N. The van der Waals surface area contributed by atoms with Gasteiger partial charge in [-0.05, 0) is 68.3 Å². The summed E-state index contributed by atoms with van der Waals surface area (Å²) in [5, 5.41) is 3.43. The van der Waals surface area contributed by atoms with Gasteiger partial charge in [0.05, 0.1) is 5.56 Å². The first-order valence-corrected chi connectivity index (χ1v) is 7.37. The predicted molar refractivity (Wildman–Crippen MR) is 74.5 cm³/mol. The van der Waals surface area contributed by atoms with Crippen LogP contribution in [0.4, 0.5) is 13.2 Å². The number of alkyl halides is 3. The zero-order valence-corrected chi connectivity index (χ0v) is 11.8. The SMILES string of the molecule is CCCNCC1CCC1Cc1ccc(C(F)(F)F)cc1. The number of nitrogens with one attached hydrogen (secondary N) is 1. The molecule has 1 saturated carbocycles. The molecule has 0 spiro atoms. The Morgan fingerprint density at radius 2 is 1.75 bits per heavy atom. The Balaban J connectivity index is 1.84. The molecule has 112 valence electrons. The molecule has 4 heteroatoms. The molecule has 2 unspecified atom stereocenters. The first-order valence-electron chi connectivity index (χ1n) is 7.37. The third-order valence-corrected chi connectivity index (χ3v) is 4.19. The topological polar surface area (TPSA) is 12.0 Å². The molecule has 1 N–H and O–H groups in total. The molecule has 0 amide bonds. The number of hydrogen-bond donors (Lipinski definition) is 1. The molecule has 2 atom stereocenters. The normalized spacial score (nSPS) is 22.6. The third kappa shape index (κ3) is 3.98. The summed E-state index contributed by atoms with van der Waals surface area (Å²) in [5.74, 6) is 1.31. The number of hydrogen-bond acceptors (Lipinski definition) is 1. The van der Waals surface area contributed by atoms with Gasteiger partial charge in [-0.3, -0.25) is 0 Å². The lowest BCUT2D eigenvalue weighted by atomic mass is 9.70. The van der Waals surface area contributed by atoms with Gasteiger partial charge in [0.25, 0.3) is 0 Å². The fraction of sp³-hybridized carbons (Fsp3) is 0.625. The van der Waals surface area contributed by atoms with E-state index < -0.39 is 11.7 Å². The highest BCUT2D eigenvalue weighted by molar-refractivity contribution is 5.25. The molecule has 1 aliphatic rings. The number of halogens is 3. The Morgan fingerprint density at radius 3 is 2.25 bits per heavy atom. The van der Waals surface area contributed by atoms with Gasteiger partial charge in [0.2, 0.25) is 0 Å². The first-order chi connectivity index (χ1) is 9.50. The molecule has 20 heavy (non-hydrogen) atoms. The van der Waals surface area contributed by atoms with Crippen molar-refractivity contribution >= 4 is 0 Å². The Kier molecular flexibility index (Phi) is 5.08. The number of benzene rings is 1. The zero-order chi connectivity index (χ0) is 14.6. The fourth-order valence-electron chi connectivity index (χ4n) is 2.77. The standard InChI is InChI=1S/C16H22F3N/c1-2-9-20-11-14-6-5-13(14)10-12-3-7-15(8-4-12)16(17,18)19/h3-4,7-8,13-14,20H,2,5-6,9-11H2,1H3. The molecule has 0 heterocycles. The summed E-state index contributed by atoms with van der Waals surface area (Å²) in [7, 11) is 0. The van der Waals surface area contributed by atoms with Gasteiger partial charge < -0.3 is 5.32 Å². The van der Waals surface area contributed by atoms with Gasteiger partial charge in [0, 0.05) is 0 Å². The maximum atomic E-state index is 12.5. The maximum Gasteiger partial charge on any atom is 0.416 e. The number of rotatable bonds is 6. The molecule has 1 aromatic carbocycles. The highest BCUT2D eigenvalue weighted by atomic mass is 19.4. The predicted octanol–water partition coefficient (Wildman–Crippen LogP) is 4.27. The highest BCUT2D eigenvalue weighted by Crippen LogP contribution is 2.37. The van der Waals surface area contributed by atoms with Crippen LogP contribution in [0.2, 0.25) is 0 Å². The largest absolute Gasteiger partial charge is 0.416 e. The van der Waals surface area contributed by atoms with Crippen molar-refractivity contribution in [3.05, 3.63) is 35.4 Å². The van der Waals surface area contributed by atoms with Crippen LogP contribution >= 0.6 is 0 Å². The summed E-state index contributed by atoms with van der Waals surface area (Å²) in [4.78, 5) is 0. The van der Waals surface area contributed by atoms with Crippen molar-refractivity contribution in [2.45, 2.75) is 38.8 Å². The Bertz CT molecular complexity index is 411. The molecular weight excluding hydrogens is 263 g/mol. The van der Waals surface area contributed by atoms with E-state index in [0.717, 1.165) is 31.5 Å². The minimum atomic E-state index is -4.23. The molecule has 2 rings (SSSR count). The van der Waals surface area contributed by atoms with Crippen molar-refractivity contribution in [1.82, 2.24) is 5.32 Å². The summed E-state index contributed by atoms with van der Waals surface area (Å²) in [6, 6.07) is 5.63. The van der Waals surface area contributed by atoms with Crippen LogP contribution in [0.5, 0.6) is 0 Å². The summed E-state index contributed by atoms with van der Waals surface area (Å²) in [6.07, 6.45) is 0.232. The molecule has 0 saturated heterocycles. The summed E-state index contributed by atoms with van der Waals surface area (Å²) < 4.78 is 37.5. The van der Waals surface area contributed by atoms with Crippen molar-refractivity contribution in [2.24, 2.45) is 11.8 Å². The van der Waals surface area contributed by atoms with E-state index in [2.05, 4.69) is 12.2 Å². The lowest BCUT2D eigenvalue weighted by Crippen LogP contribution is -2.36. The van der Waals surface area contributed by atoms with Crippen LogP contribution < -0.4 is 5.32 Å². The summed E-state index contributed by atoms with van der Waals surface area (Å²) in [6.45, 7) is 4.23. The third-order valence-electron chi connectivity index (χ3n) is 4.19. The van der Waals surface area contributed by atoms with Crippen LogP contribution in [-0.4, -0.2) is 13.1 Å². The maximum absolute atomic E-state index is 12.5. The lowest BCUT2D eigenvalue weighted by molar-refractivity contribution is -0.137. The molecule has 1 aromatic rings. The van der Waals surface area contributed by atoms with Gasteiger partial charge in [-0.1, -0.05) is 19.1 Å². The van der Waals surface area contributed by atoms with Crippen molar-refractivity contribution in [1.29, 1.82) is 0 Å². The minimum absolute atomic E-state index is 0.559. The summed E-state index contributed by atoms with van der Waals surface area (Å²) >= 11 is 0. The second-order valence-corrected chi connectivity index (χ2v) is 5.70. The molecule has 1 nitrogen and oxygen atoms in total. The van der Waals surface area contributed by atoms with Gasteiger partial charge >= 0.3 is 6.18 Å². The lowest BCUT2D eigenvalue weighted by Gasteiger charge is -2.37.